The molecular weight excluding hydrogens is 524 g/mol. The lowest BCUT2D eigenvalue weighted by Gasteiger charge is -2.38. The summed E-state index contributed by atoms with van der Waals surface area (Å²) in [5.41, 5.74) is -0.0510. The summed E-state index contributed by atoms with van der Waals surface area (Å²) >= 11 is 0. The van der Waals surface area contributed by atoms with Gasteiger partial charge in [0.1, 0.15) is 0 Å². The molecule has 2 fully saturated rings. The summed E-state index contributed by atoms with van der Waals surface area (Å²) in [4.78, 5) is 8.56. The number of hydrogen-bond donors (Lipinski definition) is 2. The molecule has 1 unspecified atom stereocenters. The second-order valence-corrected chi connectivity index (χ2v) is 7.85. The van der Waals surface area contributed by atoms with E-state index in [4.69, 9.17) is 4.74 Å². The number of guanidine groups is 1. The van der Waals surface area contributed by atoms with E-state index in [1.807, 2.05) is 11.8 Å². The zero-order valence-corrected chi connectivity index (χ0v) is 20.1. The average Bonchev–Trinajstić information content (AvgIpc) is 3.55. The molecule has 0 aromatic heterocycles. The van der Waals surface area contributed by atoms with Crippen LogP contribution in [0.4, 0.5) is 18.9 Å². The molecule has 1 aliphatic heterocycles. The predicted octanol–water partition coefficient (Wildman–Crippen LogP) is 3.20. The summed E-state index contributed by atoms with van der Waals surface area (Å²) in [6.45, 7) is 6.37. The van der Waals surface area contributed by atoms with E-state index in [0.29, 0.717) is 56.9 Å². The molecule has 1 heterocycles. The van der Waals surface area contributed by atoms with Gasteiger partial charge in [-0.15, -0.1) is 24.0 Å². The maximum absolute atomic E-state index is 13.0. The van der Waals surface area contributed by atoms with Crippen molar-refractivity contribution in [3.8, 4) is 0 Å². The van der Waals surface area contributed by atoms with Gasteiger partial charge in [-0.1, -0.05) is 6.07 Å². The summed E-state index contributed by atoms with van der Waals surface area (Å²) in [6, 6.07) is 5.45. The molecule has 2 aliphatic rings. The van der Waals surface area contributed by atoms with E-state index in [1.54, 1.807) is 6.07 Å². The third kappa shape index (κ3) is 8.30. The van der Waals surface area contributed by atoms with Crippen molar-refractivity contribution >= 4 is 35.6 Å². The number of nitrogens with zero attached hydrogens (tertiary/aromatic N) is 3. The minimum absolute atomic E-state index is 0. The van der Waals surface area contributed by atoms with Crippen molar-refractivity contribution < 1.29 is 23.0 Å². The Labute approximate surface area is 198 Å². The first-order chi connectivity index (χ1) is 14.4. The molecule has 0 amide bonds. The molecule has 6 nitrogen and oxygen atoms in total. The number of anilines is 1. The van der Waals surface area contributed by atoms with E-state index in [0.717, 1.165) is 6.07 Å². The lowest BCUT2D eigenvalue weighted by atomic mass is 10.1. The predicted molar refractivity (Wildman–Crippen MR) is 126 cm³/mol. The molecule has 1 aromatic carbocycles. The van der Waals surface area contributed by atoms with Crippen LogP contribution in [0, 0.1) is 5.92 Å². The van der Waals surface area contributed by atoms with Gasteiger partial charge in [0.15, 0.2) is 5.96 Å². The van der Waals surface area contributed by atoms with E-state index in [1.165, 1.54) is 25.0 Å². The Bertz CT molecular complexity index is 708. The number of piperazine rings is 1. The Morgan fingerprint density at radius 1 is 1.26 bits per heavy atom. The summed E-state index contributed by atoms with van der Waals surface area (Å²) in [5.74, 6) is 1.37. The van der Waals surface area contributed by atoms with Crippen LogP contribution in [0.15, 0.2) is 29.3 Å². The van der Waals surface area contributed by atoms with Gasteiger partial charge in [-0.2, -0.15) is 13.2 Å². The van der Waals surface area contributed by atoms with Crippen LogP contribution in [-0.2, 0) is 10.9 Å². The smallest absolute Gasteiger partial charge is 0.389 e. The number of aliphatic imine (C=N–C) groups is 1. The molecule has 0 bridgehead atoms. The zero-order chi connectivity index (χ0) is 21.6. The van der Waals surface area contributed by atoms with Crippen LogP contribution in [0.3, 0.4) is 0 Å². The van der Waals surface area contributed by atoms with Gasteiger partial charge in [0, 0.05) is 45.0 Å². The van der Waals surface area contributed by atoms with Gasteiger partial charge in [0.2, 0.25) is 0 Å². The molecule has 0 spiro atoms. The molecule has 1 saturated carbocycles. The Balaban J connectivity index is 0.00000341. The van der Waals surface area contributed by atoms with Crippen LogP contribution in [0.1, 0.15) is 25.3 Å². The standard InChI is InChI=1S/C21H31F3N4O2.HI/c1-2-25-20(26-13-19(29)15-30-14-16-6-7-16)28-10-8-27(9-11-28)18-5-3-4-17(12-18)21(22,23)24;/h3-5,12,16,19,29H,2,6-11,13-15H2,1H3,(H,25,26);1H. The monoisotopic (exact) mass is 556 g/mol. The van der Waals surface area contributed by atoms with E-state index in [9.17, 15) is 18.3 Å². The number of ether oxygens (including phenoxy) is 1. The van der Waals surface area contributed by atoms with Gasteiger partial charge in [0.05, 0.1) is 24.8 Å². The van der Waals surface area contributed by atoms with Crippen molar-refractivity contribution in [1.82, 2.24) is 10.2 Å². The highest BCUT2D eigenvalue weighted by Gasteiger charge is 2.31. The molecule has 10 heteroatoms. The fourth-order valence-corrected chi connectivity index (χ4v) is 3.38. The van der Waals surface area contributed by atoms with Crippen LogP contribution < -0.4 is 10.2 Å². The third-order valence-corrected chi connectivity index (χ3v) is 5.27. The van der Waals surface area contributed by atoms with Gasteiger partial charge in [-0.3, -0.25) is 4.99 Å². The molecule has 0 radical (unpaired) electrons. The highest BCUT2D eigenvalue weighted by molar-refractivity contribution is 14.0. The largest absolute Gasteiger partial charge is 0.416 e. The minimum atomic E-state index is -4.34. The van der Waals surface area contributed by atoms with E-state index >= 15 is 0 Å². The molecule has 31 heavy (non-hydrogen) atoms. The number of aliphatic hydroxyl groups is 1. The van der Waals surface area contributed by atoms with Crippen molar-refractivity contribution in [2.45, 2.75) is 32.0 Å². The second-order valence-electron chi connectivity index (χ2n) is 7.85. The van der Waals surface area contributed by atoms with Gasteiger partial charge < -0.3 is 25.0 Å². The highest BCUT2D eigenvalue weighted by Crippen LogP contribution is 2.32. The molecule has 1 atom stereocenters. The Morgan fingerprint density at radius 3 is 2.58 bits per heavy atom. The number of hydrogen-bond acceptors (Lipinski definition) is 4. The molecule has 1 saturated heterocycles. The lowest BCUT2D eigenvalue weighted by molar-refractivity contribution is -0.137. The van der Waals surface area contributed by atoms with Crippen LogP contribution in [0.5, 0.6) is 0 Å². The van der Waals surface area contributed by atoms with Crippen LogP contribution >= 0.6 is 24.0 Å². The second kappa shape index (κ2) is 12.1. The summed E-state index contributed by atoms with van der Waals surface area (Å²) < 4.78 is 44.4. The van der Waals surface area contributed by atoms with Crippen molar-refractivity contribution in [2.75, 3.05) is 57.4 Å². The fraction of sp³-hybridized carbons (Fsp3) is 0.667. The maximum Gasteiger partial charge on any atom is 0.416 e. The first-order valence-electron chi connectivity index (χ1n) is 10.6. The third-order valence-electron chi connectivity index (χ3n) is 5.27. The minimum Gasteiger partial charge on any atom is -0.389 e. The maximum atomic E-state index is 13.0. The number of aliphatic hydroxyl groups excluding tert-OH is 1. The van der Waals surface area contributed by atoms with Crippen molar-refractivity contribution in [1.29, 1.82) is 0 Å². The Hall–Kier alpha value is -1.27. The summed E-state index contributed by atoms with van der Waals surface area (Å²) in [5, 5.41) is 13.3. The van der Waals surface area contributed by atoms with Gasteiger partial charge in [0.25, 0.3) is 0 Å². The number of rotatable bonds is 8. The first-order valence-corrected chi connectivity index (χ1v) is 10.6. The number of halogens is 4. The molecular formula is C21H32F3IN4O2. The van der Waals surface area contributed by atoms with Gasteiger partial charge >= 0.3 is 6.18 Å². The van der Waals surface area contributed by atoms with Gasteiger partial charge in [-0.25, -0.2) is 0 Å². The van der Waals surface area contributed by atoms with Crippen molar-refractivity contribution in [3.05, 3.63) is 29.8 Å². The molecule has 1 aliphatic carbocycles. The Kier molecular flexibility index (Phi) is 10.1. The van der Waals surface area contributed by atoms with Gasteiger partial charge in [-0.05, 0) is 43.9 Å². The van der Waals surface area contributed by atoms with E-state index in [-0.39, 0.29) is 37.1 Å². The average molecular weight is 556 g/mol. The number of alkyl halides is 3. The van der Waals surface area contributed by atoms with E-state index < -0.39 is 17.8 Å². The quantitative estimate of drug-likeness (QED) is 0.293. The van der Waals surface area contributed by atoms with Crippen molar-refractivity contribution in [3.63, 3.8) is 0 Å². The van der Waals surface area contributed by atoms with E-state index in [2.05, 4.69) is 15.2 Å². The summed E-state index contributed by atoms with van der Waals surface area (Å²) in [6.07, 6.45) is -2.56. The number of benzene rings is 1. The van der Waals surface area contributed by atoms with Crippen LogP contribution in [-0.4, -0.2) is 74.6 Å². The molecule has 3 rings (SSSR count). The lowest BCUT2D eigenvalue weighted by Crippen LogP contribution is -2.52. The topological polar surface area (TPSA) is 60.3 Å². The van der Waals surface area contributed by atoms with Crippen LogP contribution in [0.25, 0.3) is 0 Å². The SMILES string of the molecule is CCNC(=NCC(O)COCC1CC1)N1CCN(c2cccc(C(F)(F)F)c2)CC1.I. The molecule has 2 N–H and O–H groups in total. The first kappa shape index (κ1) is 26.0. The Morgan fingerprint density at radius 2 is 1.97 bits per heavy atom. The summed E-state index contributed by atoms with van der Waals surface area (Å²) in [7, 11) is 0. The van der Waals surface area contributed by atoms with Crippen molar-refractivity contribution in [2.24, 2.45) is 10.9 Å². The van der Waals surface area contributed by atoms with Crippen LogP contribution in [0.2, 0.25) is 0 Å². The molecule has 176 valence electrons. The zero-order valence-electron chi connectivity index (χ0n) is 17.8. The highest BCUT2D eigenvalue weighted by atomic mass is 127. The normalized spacial score (nSPS) is 18.5. The number of nitrogens with one attached hydrogen (secondary N) is 1. The molecule has 1 aromatic rings. The fourth-order valence-electron chi connectivity index (χ4n) is 3.38.